The van der Waals surface area contributed by atoms with Gasteiger partial charge in [0.2, 0.25) is 5.89 Å². The van der Waals surface area contributed by atoms with Crippen molar-refractivity contribution in [2.75, 3.05) is 6.54 Å². The zero-order valence-electron chi connectivity index (χ0n) is 15.8. The Morgan fingerprint density at radius 3 is 2.73 bits per heavy atom. The van der Waals surface area contributed by atoms with Crippen LogP contribution in [0, 0.1) is 0 Å². The van der Waals surface area contributed by atoms with Crippen LogP contribution in [0.3, 0.4) is 0 Å². The lowest BCUT2D eigenvalue weighted by atomic mass is 10.0. The number of aromatic nitrogens is 2. The van der Waals surface area contributed by atoms with Crippen molar-refractivity contribution in [3.63, 3.8) is 0 Å². The Hall–Kier alpha value is -2.37. The van der Waals surface area contributed by atoms with Gasteiger partial charge >= 0.3 is 6.09 Å². The fraction of sp³-hybridized carbons (Fsp3) is 0.550. The fourth-order valence-corrected chi connectivity index (χ4v) is 3.14. The van der Waals surface area contributed by atoms with Gasteiger partial charge in [0, 0.05) is 13.0 Å². The number of likely N-dealkylation sites (tertiary alicyclic amines) is 1. The minimum absolute atomic E-state index is 0.173. The predicted octanol–water partition coefficient (Wildman–Crippen LogP) is 4.32. The van der Waals surface area contributed by atoms with Gasteiger partial charge in [0.25, 0.3) is 0 Å². The Morgan fingerprint density at radius 1 is 1.23 bits per heavy atom. The number of carbonyl (C=O) groups excluding carboxylic acids is 1. The first-order valence-electron chi connectivity index (χ1n) is 9.28. The zero-order valence-corrected chi connectivity index (χ0v) is 15.8. The second kappa shape index (κ2) is 7.89. The number of amides is 1. The second-order valence-corrected chi connectivity index (χ2v) is 7.72. The third-order valence-electron chi connectivity index (χ3n) is 4.38. The molecule has 3 rings (SSSR count). The van der Waals surface area contributed by atoms with E-state index in [2.05, 4.69) is 22.3 Å². The molecule has 2 heterocycles. The number of ether oxygens (including phenoxy) is 1. The Kier molecular flexibility index (Phi) is 5.59. The quantitative estimate of drug-likeness (QED) is 0.815. The summed E-state index contributed by atoms with van der Waals surface area (Å²) in [4.78, 5) is 18.8. The monoisotopic (exact) mass is 357 g/mol. The highest BCUT2D eigenvalue weighted by atomic mass is 16.6. The molecule has 1 fully saturated rings. The number of carbonyl (C=O) groups is 1. The minimum Gasteiger partial charge on any atom is -0.444 e. The molecular formula is C20H27N3O3. The third-order valence-corrected chi connectivity index (χ3v) is 4.38. The van der Waals surface area contributed by atoms with E-state index in [1.807, 2.05) is 39.0 Å². The van der Waals surface area contributed by atoms with Gasteiger partial charge in [-0.1, -0.05) is 35.5 Å². The van der Waals surface area contributed by atoms with Crippen LogP contribution in [-0.4, -0.2) is 33.3 Å². The summed E-state index contributed by atoms with van der Waals surface area (Å²) >= 11 is 0. The molecule has 1 aromatic heterocycles. The number of benzene rings is 1. The lowest BCUT2D eigenvalue weighted by molar-refractivity contribution is 0.00821. The van der Waals surface area contributed by atoms with Crippen molar-refractivity contribution in [3.05, 3.63) is 47.6 Å². The van der Waals surface area contributed by atoms with Gasteiger partial charge in [0.05, 0.1) is 6.04 Å². The van der Waals surface area contributed by atoms with E-state index in [1.165, 1.54) is 5.56 Å². The van der Waals surface area contributed by atoms with Crippen molar-refractivity contribution in [2.45, 2.75) is 64.5 Å². The van der Waals surface area contributed by atoms with Crippen molar-refractivity contribution >= 4 is 6.09 Å². The van der Waals surface area contributed by atoms with Crippen molar-refractivity contribution in [3.8, 4) is 0 Å². The summed E-state index contributed by atoms with van der Waals surface area (Å²) in [6.45, 7) is 6.28. The fourth-order valence-electron chi connectivity index (χ4n) is 3.14. The van der Waals surface area contributed by atoms with Gasteiger partial charge in [-0.05, 0) is 52.0 Å². The Morgan fingerprint density at radius 2 is 2.00 bits per heavy atom. The first kappa shape index (κ1) is 18.4. The lowest BCUT2D eigenvalue weighted by Gasteiger charge is -2.35. The highest BCUT2D eigenvalue weighted by Crippen LogP contribution is 2.30. The summed E-state index contributed by atoms with van der Waals surface area (Å²) in [6.07, 6.45) is 4.07. The number of hydrogen-bond donors (Lipinski definition) is 0. The van der Waals surface area contributed by atoms with Crippen LogP contribution < -0.4 is 0 Å². The van der Waals surface area contributed by atoms with Crippen LogP contribution in [0.15, 0.2) is 34.9 Å². The molecule has 1 atom stereocenters. The molecule has 1 aromatic carbocycles. The maximum absolute atomic E-state index is 12.5. The van der Waals surface area contributed by atoms with Crippen LogP contribution in [-0.2, 0) is 17.6 Å². The Bertz CT molecular complexity index is 721. The molecule has 1 amide bonds. The van der Waals surface area contributed by atoms with E-state index in [0.717, 1.165) is 25.7 Å². The molecule has 0 bridgehead atoms. The van der Waals surface area contributed by atoms with E-state index in [4.69, 9.17) is 9.26 Å². The number of rotatable bonds is 4. The zero-order chi connectivity index (χ0) is 18.6. The maximum Gasteiger partial charge on any atom is 0.410 e. The maximum atomic E-state index is 12.5. The van der Waals surface area contributed by atoms with Gasteiger partial charge in [-0.3, -0.25) is 4.90 Å². The van der Waals surface area contributed by atoms with E-state index in [0.29, 0.717) is 24.7 Å². The van der Waals surface area contributed by atoms with Gasteiger partial charge in [-0.2, -0.15) is 4.98 Å². The predicted molar refractivity (Wildman–Crippen MR) is 97.7 cm³/mol. The summed E-state index contributed by atoms with van der Waals surface area (Å²) in [7, 11) is 0. The van der Waals surface area contributed by atoms with Crippen molar-refractivity contribution in [1.82, 2.24) is 15.0 Å². The molecule has 1 saturated heterocycles. The van der Waals surface area contributed by atoms with Crippen LogP contribution in [0.4, 0.5) is 4.79 Å². The first-order valence-corrected chi connectivity index (χ1v) is 9.28. The molecule has 26 heavy (non-hydrogen) atoms. The first-order chi connectivity index (χ1) is 12.4. The lowest BCUT2D eigenvalue weighted by Crippen LogP contribution is -2.42. The number of hydrogen-bond acceptors (Lipinski definition) is 5. The molecule has 2 aromatic rings. The normalized spacial score (nSPS) is 18.0. The number of piperidine rings is 1. The molecule has 0 N–H and O–H groups in total. The van der Waals surface area contributed by atoms with E-state index in [9.17, 15) is 4.79 Å². The smallest absolute Gasteiger partial charge is 0.410 e. The molecule has 1 aliphatic rings. The Labute approximate surface area is 154 Å². The van der Waals surface area contributed by atoms with E-state index in [1.54, 1.807) is 4.90 Å². The molecule has 1 aliphatic heterocycles. The highest BCUT2D eigenvalue weighted by Gasteiger charge is 2.34. The van der Waals surface area contributed by atoms with E-state index in [-0.39, 0.29) is 12.1 Å². The van der Waals surface area contributed by atoms with Crippen molar-refractivity contribution < 1.29 is 14.1 Å². The summed E-state index contributed by atoms with van der Waals surface area (Å²) in [5.41, 5.74) is 0.720. The molecule has 0 spiro atoms. The Balaban J connectivity index is 1.66. The molecule has 0 aliphatic carbocycles. The van der Waals surface area contributed by atoms with Gasteiger partial charge < -0.3 is 9.26 Å². The van der Waals surface area contributed by atoms with Crippen LogP contribution in [0.5, 0.6) is 0 Å². The van der Waals surface area contributed by atoms with Gasteiger partial charge in [0.15, 0.2) is 5.82 Å². The van der Waals surface area contributed by atoms with Crippen LogP contribution in [0.25, 0.3) is 0 Å². The topological polar surface area (TPSA) is 68.5 Å². The standard InChI is InChI=1S/C20H27N3O3/c1-20(2,3)25-19(24)23-14-8-7-11-16(23)18-21-17(26-22-18)13-12-15-9-5-4-6-10-15/h4-6,9-10,16H,7-8,11-14H2,1-3H3/t16-/m0/s1. The average Bonchev–Trinajstić information content (AvgIpc) is 3.08. The van der Waals surface area contributed by atoms with Crippen LogP contribution in [0.1, 0.15) is 63.4 Å². The molecular weight excluding hydrogens is 330 g/mol. The summed E-state index contributed by atoms with van der Waals surface area (Å²) in [5, 5.41) is 4.15. The van der Waals surface area contributed by atoms with Gasteiger partial charge in [-0.15, -0.1) is 0 Å². The van der Waals surface area contributed by atoms with Crippen molar-refractivity contribution in [2.24, 2.45) is 0 Å². The average molecular weight is 357 g/mol. The van der Waals surface area contributed by atoms with E-state index < -0.39 is 5.60 Å². The van der Waals surface area contributed by atoms with Gasteiger partial charge in [-0.25, -0.2) is 4.79 Å². The van der Waals surface area contributed by atoms with Crippen LogP contribution in [0.2, 0.25) is 0 Å². The third kappa shape index (κ3) is 4.84. The molecule has 140 valence electrons. The van der Waals surface area contributed by atoms with Crippen LogP contribution >= 0.6 is 0 Å². The molecule has 0 radical (unpaired) electrons. The SMILES string of the molecule is CC(C)(C)OC(=O)N1CCCC[C@H]1c1noc(CCc2ccccc2)n1. The number of aryl methyl sites for hydroxylation is 2. The molecule has 6 nitrogen and oxygen atoms in total. The number of nitrogens with zero attached hydrogens (tertiary/aromatic N) is 3. The van der Waals surface area contributed by atoms with Crippen molar-refractivity contribution in [1.29, 1.82) is 0 Å². The second-order valence-electron chi connectivity index (χ2n) is 7.72. The summed E-state index contributed by atoms with van der Waals surface area (Å²) in [6, 6.07) is 10.0. The van der Waals surface area contributed by atoms with E-state index >= 15 is 0 Å². The summed E-state index contributed by atoms with van der Waals surface area (Å²) < 4.78 is 11.0. The molecule has 0 saturated carbocycles. The summed E-state index contributed by atoms with van der Waals surface area (Å²) in [5.74, 6) is 1.19. The molecule has 0 unspecified atom stereocenters. The van der Waals surface area contributed by atoms with Gasteiger partial charge in [0.1, 0.15) is 5.60 Å². The largest absolute Gasteiger partial charge is 0.444 e. The highest BCUT2D eigenvalue weighted by molar-refractivity contribution is 5.68. The minimum atomic E-state index is -0.517. The molecule has 6 heteroatoms.